The molecule has 82 valence electrons. The lowest BCUT2D eigenvalue weighted by Gasteiger charge is -2.31. The molecule has 2 amide bonds. The summed E-state index contributed by atoms with van der Waals surface area (Å²) in [6, 6.07) is 0.0804. The summed E-state index contributed by atoms with van der Waals surface area (Å²) in [5.74, 6) is 0. The molecule has 14 heavy (non-hydrogen) atoms. The van der Waals surface area contributed by atoms with Crippen LogP contribution in [0.2, 0.25) is 0 Å². The van der Waals surface area contributed by atoms with Crippen molar-refractivity contribution in [3.8, 4) is 0 Å². The van der Waals surface area contributed by atoms with Gasteiger partial charge in [-0.05, 0) is 19.5 Å². The molecule has 1 N–H and O–H groups in total. The van der Waals surface area contributed by atoms with Crippen molar-refractivity contribution >= 4 is 6.03 Å². The highest BCUT2D eigenvalue weighted by Crippen LogP contribution is 2.18. The molecule has 1 rings (SSSR count). The SMILES string of the molecule is CN(C)CC(C)(C)CN1CCNC1=O. The van der Waals surface area contributed by atoms with Gasteiger partial charge in [0.2, 0.25) is 0 Å². The molecule has 0 aromatic carbocycles. The zero-order valence-electron chi connectivity index (χ0n) is 9.63. The zero-order chi connectivity index (χ0) is 10.8. The number of hydrogen-bond acceptors (Lipinski definition) is 2. The van der Waals surface area contributed by atoms with E-state index in [0.29, 0.717) is 0 Å². The van der Waals surface area contributed by atoms with E-state index in [1.165, 1.54) is 0 Å². The summed E-state index contributed by atoms with van der Waals surface area (Å²) in [6.07, 6.45) is 0. The molecule has 1 fully saturated rings. The van der Waals surface area contributed by atoms with Gasteiger partial charge in [-0.15, -0.1) is 0 Å². The largest absolute Gasteiger partial charge is 0.336 e. The van der Waals surface area contributed by atoms with Gasteiger partial charge in [-0.2, -0.15) is 0 Å². The third-order valence-electron chi connectivity index (χ3n) is 2.31. The lowest BCUT2D eigenvalue weighted by Crippen LogP contribution is -2.41. The fourth-order valence-corrected chi connectivity index (χ4v) is 2.08. The first-order valence-corrected chi connectivity index (χ1v) is 5.08. The molecule has 0 aromatic rings. The van der Waals surface area contributed by atoms with Gasteiger partial charge < -0.3 is 15.1 Å². The molecule has 1 heterocycles. The minimum Gasteiger partial charge on any atom is -0.336 e. The van der Waals surface area contributed by atoms with Crippen LogP contribution in [0.3, 0.4) is 0 Å². The van der Waals surface area contributed by atoms with Crippen LogP contribution in [0.4, 0.5) is 4.79 Å². The minimum atomic E-state index is 0.0804. The number of amides is 2. The monoisotopic (exact) mass is 199 g/mol. The molecule has 1 aliphatic heterocycles. The fraction of sp³-hybridized carbons (Fsp3) is 0.900. The van der Waals surface area contributed by atoms with Gasteiger partial charge in [-0.3, -0.25) is 0 Å². The number of carbonyl (C=O) groups is 1. The van der Waals surface area contributed by atoms with Crippen LogP contribution in [0, 0.1) is 5.41 Å². The first-order valence-electron chi connectivity index (χ1n) is 5.08. The molecule has 1 saturated heterocycles. The quantitative estimate of drug-likeness (QED) is 0.719. The first kappa shape index (κ1) is 11.3. The third kappa shape index (κ3) is 3.18. The summed E-state index contributed by atoms with van der Waals surface area (Å²) in [5, 5.41) is 2.82. The van der Waals surface area contributed by atoms with Gasteiger partial charge >= 0.3 is 6.03 Å². The molecule has 0 spiro atoms. The Morgan fingerprint density at radius 3 is 2.57 bits per heavy atom. The van der Waals surface area contributed by atoms with E-state index in [0.717, 1.165) is 26.2 Å². The minimum absolute atomic E-state index is 0.0804. The molecule has 0 bridgehead atoms. The number of rotatable bonds is 4. The second kappa shape index (κ2) is 4.17. The normalized spacial score (nSPS) is 17.8. The number of hydrogen-bond donors (Lipinski definition) is 1. The van der Waals surface area contributed by atoms with Gasteiger partial charge in [0, 0.05) is 26.2 Å². The van der Waals surface area contributed by atoms with Gasteiger partial charge in [0.1, 0.15) is 0 Å². The van der Waals surface area contributed by atoms with E-state index in [-0.39, 0.29) is 11.4 Å². The lowest BCUT2D eigenvalue weighted by atomic mass is 9.92. The Kier molecular flexibility index (Phi) is 3.37. The van der Waals surface area contributed by atoms with E-state index in [2.05, 4.69) is 38.2 Å². The van der Waals surface area contributed by atoms with Crippen molar-refractivity contribution in [2.75, 3.05) is 40.3 Å². The molecule has 0 aromatic heterocycles. The van der Waals surface area contributed by atoms with E-state index < -0.39 is 0 Å². The Labute approximate surface area is 86.2 Å². The Morgan fingerprint density at radius 1 is 1.50 bits per heavy atom. The Balaban J connectivity index is 2.45. The standard InChI is InChI=1S/C10H21N3O/c1-10(2,7-12(3)4)8-13-6-5-11-9(13)14/h5-8H2,1-4H3,(H,11,14). The highest BCUT2D eigenvalue weighted by Gasteiger charge is 2.27. The van der Waals surface area contributed by atoms with Crippen LogP contribution < -0.4 is 5.32 Å². The molecule has 0 unspecified atom stereocenters. The summed E-state index contributed by atoms with van der Waals surface area (Å²) >= 11 is 0. The summed E-state index contributed by atoms with van der Waals surface area (Å²) < 4.78 is 0. The van der Waals surface area contributed by atoms with Crippen molar-refractivity contribution in [2.24, 2.45) is 5.41 Å². The fourth-order valence-electron chi connectivity index (χ4n) is 2.08. The third-order valence-corrected chi connectivity index (χ3v) is 2.31. The molecule has 1 aliphatic rings. The Hall–Kier alpha value is -0.770. The number of carbonyl (C=O) groups excluding carboxylic acids is 1. The van der Waals surface area contributed by atoms with Crippen LogP contribution in [0.25, 0.3) is 0 Å². The van der Waals surface area contributed by atoms with E-state index in [4.69, 9.17) is 0 Å². The van der Waals surface area contributed by atoms with Crippen molar-refractivity contribution in [3.63, 3.8) is 0 Å². The van der Waals surface area contributed by atoms with Crippen molar-refractivity contribution in [2.45, 2.75) is 13.8 Å². The summed E-state index contributed by atoms with van der Waals surface area (Å²) in [6.45, 7) is 7.84. The second-order valence-electron chi connectivity index (χ2n) is 5.06. The molecule has 0 atom stereocenters. The zero-order valence-corrected chi connectivity index (χ0v) is 9.63. The van der Waals surface area contributed by atoms with E-state index in [1.807, 2.05) is 4.90 Å². The predicted molar refractivity (Wildman–Crippen MR) is 57.3 cm³/mol. The molecule has 4 heteroatoms. The molecular weight excluding hydrogens is 178 g/mol. The van der Waals surface area contributed by atoms with Crippen LogP contribution >= 0.6 is 0 Å². The summed E-state index contributed by atoms with van der Waals surface area (Å²) in [5.41, 5.74) is 0.158. The topological polar surface area (TPSA) is 35.6 Å². The van der Waals surface area contributed by atoms with E-state index in [1.54, 1.807) is 0 Å². The number of urea groups is 1. The van der Waals surface area contributed by atoms with Gasteiger partial charge in [0.05, 0.1) is 0 Å². The van der Waals surface area contributed by atoms with Gasteiger partial charge in [0.25, 0.3) is 0 Å². The molecule has 4 nitrogen and oxygen atoms in total. The Morgan fingerprint density at radius 2 is 2.14 bits per heavy atom. The van der Waals surface area contributed by atoms with Crippen molar-refractivity contribution in [1.29, 1.82) is 0 Å². The van der Waals surface area contributed by atoms with E-state index >= 15 is 0 Å². The highest BCUT2D eigenvalue weighted by atomic mass is 16.2. The maximum Gasteiger partial charge on any atom is 0.317 e. The van der Waals surface area contributed by atoms with Crippen molar-refractivity contribution in [1.82, 2.24) is 15.1 Å². The molecule has 0 saturated carbocycles. The van der Waals surface area contributed by atoms with Crippen LogP contribution in [-0.2, 0) is 0 Å². The number of nitrogens with one attached hydrogen (secondary N) is 1. The van der Waals surface area contributed by atoms with Gasteiger partial charge in [-0.25, -0.2) is 4.79 Å². The molecular formula is C10H21N3O. The lowest BCUT2D eigenvalue weighted by molar-refractivity contribution is 0.164. The van der Waals surface area contributed by atoms with Gasteiger partial charge in [0.15, 0.2) is 0 Å². The van der Waals surface area contributed by atoms with Gasteiger partial charge in [-0.1, -0.05) is 13.8 Å². The number of nitrogens with zero attached hydrogens (tertiary/aromatic N) is 2. The molecule has 0 radical (unpaired) electrons. The average Bonchev–Trinajstić information content (AvgIpc) is 2.32. The van der Waals surface area contributed by atoms with Crippen LogP contribution in [-0.4, -0.2) is 56.1 Å². The second-order valence-corrected chi connectivity index (χ2v) is 5.06. The first-order chi connectivity index (χ1) is 6.41. The van der Waals surface area contributed by atoms with Crippen molar-refractivity contribution < 1.29 is 4.79 Å². The highest BCUT2D eigenvalue weighted by molar-refractivity contribution is 5.76. The Bertz CT molecular complexity index is 213. The predicted octanol–water partition coefficient (Wildman–Crippen LogP) is 0.599. The smallest absolute Gasteiger partial charge is 0.317 e. The van der Waals surface area contributed by atoms with Crippen LogP contribution in [0.15, 0.2) is 0 Å². The average molecular weight is 199 g/mol. The maximum atomic E-state index is 11.3. The van der Waals surface area contributed by atoms with Crippen molar-refractivity contribution in [3.05, 3.63) is 0 Å². The summed E-state index contributed by atoms with van der Waals surface area (Å²) in [4.78, 5) is 15.4. The summed E-state index contributed by atoms with van der Waals surface area (Å²) in [7, 11) is 4.12. The van der Waals surface area contributed by atoms with E-state index in [9.17, 15) is 4.79 Å². The van der Waals surface area contributed by atoms with Crippen LogP contribution in [0.1, 0.15) is 13.8 Å². The van der Waals surface area contributed by atoms with Crippen LogP contribution in [0.5, 0.6) is 0 Å². The molecule has 0 aliphatic carbocycles. The maximum absolute atomic E-state index is 11.3.